The Morgan fingerprint density at radius 1 is 1.09 bits per heavy atom. The molecule has 116 valence electrons. The fourth-order valence-electron chi connectivity index (χ4n) is 3.52. The second-order valence-corrected chi connectivity index (χ2v) is 7.28. The molecule has 1 aromatic heterocycles. The molecule has 22 heavy (non-hydrogen) atoms. The molecular formula is C16H17F2N3S. The number of benzene rings is 1. The molecule has 1 saturated carbocycles. The van der Waals surface area contributed by atoms with Crippen LogP contribution in [0.25, 0.3) is 11.0 Å². The molecule has 2 atom stereocenters. The first-order chi connectivity index (χ1) is 10.7. The molecule has 0 spiro atoms. The third kappa shape index (κ3) is 2.43. The van der Waals surface area contributed by atoms with Crippen molar-refractivity contribution < 1.29 is 8.78 Å². The predicted molar refractivity (Wildman–Crippen MR) is 85.3 cm³/mol. The lowest BCUT2D eigenvalue weighted by Crippen LogP contribution is -2.49. The number of nitrogens with zero attached hydrogens (tertiary/aromatic N) is 3. The van der Waals surface area contributed by atoms with E-state index in [1.807, 2.05) is 0 Å². The number of hydrogen-bond acceptors (Lipinski definition) is 4. The van der Waals surface area contributed by atoms with Crippen molar-refractivity contribution in [2.24, 2.45) is 0 Å². The standard InChI is InChI=1S/C16H17F2N3S/c17-10-7-12-13(8-11(10)18)20-16(9-19-12)21-5-6-22-15-4-2-1-3-14(15)21/h7-9,14-15H,1-6H2/t14-,15+/m1/s1. The van der Waals surface area contributed by atoms with Crippen LogP contribution in [0.2, 0.25) is 0 Å². The van der Waals surface area contributed by atoms with Gasteiger partial charge in [0.15, 0.2) is 11.6 Å². The zero-order chi connectivity index (χ0) is 15.1. The molecule has 1 aliphatic carbocycles. The molecule has 4 rings (SSSR count). The predicted octanol–water partition coefficient (Wildman–Crippen LogP) is 3.77. The van der Waals surface area contributed by atoms with E-state index in [9.17, 15) is 8.78 Å². The summed E-state index contributed by atoms with van der Waals surface area (Å²) >= 11 is 2.05. The van der Waals surface area contributed by atoms with E-state index in [4.69, 9.17) is 0 Å². The molecule has 1 aliphatic heterocycles. The minimum Gasteiger partial charge on any atom is -0.350 e. The summed E-state index contributed by atoms with van der Waals surface area (Å²) in [4.78, 5) is 11.1. The Morgan fingerprint density at radius 2 is 1.86 bits per heavy atom. The molecule has 6 heteroatoms. The van der Waals surface area contributed by atoms with Crippen molar-refractivity contribution in [3.05, 3.63) is 30.0 Å². The van der Waals surface area contributed by atoms with Crippen LogP contribution in [0.1, 0.15) is 25.7 Å². The molecule has 2 aliphatic rings. The monoisotopic (exact) mass is 321 g/mol. The van der Waals surface area contributed by atoms with E-state index in [2.05, 4.69) is 26.6 Å². The van der Waals surface area contributed by atoms with Gasteiger partial charge in [-0.1, -0.05) is 12.8 Å². The van der Waals surface area contributed by atoms with Crippen LogP contribution in [-0.4, -0.2) is 33.6 Å². The Balaban J connectivity index is 1.71. The number of halogens is 2. The van der Waals surface area contributed by atoms with Crippen LogP contribution >= 0.6 is 11.8 Å². The van der Waals surface area contributed by atoms with E-state index in [-0.39, 0.29) is 0 Å². The molecular weight excluding hydrogens is 304 g/mol. The molecule has 0 amide bonds. The Hall–Kier alpha value is -1.43. The zero-order valence-corrected chi connectivity index (χ0v) is 13.0. The van der Waals surface area contributed by atoms with Gasteiger partial charge in [-0.25, -0.2) is 13.8 Å². The lowest BCUT2D eigenvalue weighted by atomic mass is 9.93. The van der Waals surface area contributed by atoms with Crippen molar-refractivity contribution in [1.82, 2.24) is 9.97 Å². The number of rotatable bonds is 1. The molecule has 1 saturated heterocycles. The highest BCUT2D eigenvalue weighted by molar-refractivity contribution is 8.00. The zero-order valence-electron chi connectivity index (χ0n) is 12.1. The van der Waals surface area contributed by atoms with Gasteiger partial charge < -0.3 is 4.90 Å². The van der Waals surface area contributed by atoms with Gasteiger partial charge in [0.05, 0.1) is 17.2 Å². The van der Waals surface area contributed by atoms with Gasteiger partial charge in [0.25, 0.3) is 0 Å². The second-order valence-electron chi connectivity index (χ2n) is 5.94. The van der Waals surface area contributed by atoms with Crippen molar-refractivity contribution in [2.45, 2.75) is 37.0 Å². The fourth-order valence-corrected chi connectivity index (χ4v) is 4.96. The maximum Gasteiger partial charge on any atom is 0.161 e. The average Bonchev–Trinajstić information content (AvgIpc) is 2.55. The summed E-state index contributed by atoms with van der Waals surface area (Å²) in [5.41, 5.74) is 0.816. The topological polar surface area (TPSA) is 29.0 Å². The van der Waals surface area contributed by atoms with Crippen molar-refractivity contribution >= 4 is 28.6 Å². The lowest BCUT2D eigenvalue weighted by molar-refractivity contribution is 0.420. The third-order valence-electron chi connectivity index (χ3n) is 4.60. The van der Waals surface area contributed by atoms with Gasteiger partial charge in [-0.15, -0.1) is 0 Å². The normalized spacial score (nSPS) is 25.3. The Morgan fingerprint density at radius 3 is 2.73 bits per heavy atom. The van der Waals surface area contributed by atoms with E-state index in [0.29, 0.717) is 22.3 Å². The molecule has 0 N–H and O–H groups in total. The van der Waals surface area contributed by atoms with Gasteiger partial charge in [-0.05, 0) is 12.8 Å². The maximum atomic E-state index is 13.4. The second kappa shape index (κ2) is 5.65. The molecule has 0 unspecified atom stereocenters. The summed E-state index contributed by atoms with van der Waals surface area (Å²) in [5, 5.41) is 0.657. The Kier molecular flexibility index (Phi) is 3.64. The Bertz CT molecular complexity index is 707. The summed E-state index contributed by atoms with van der Waals surface area (Å²) in [6, 6.07) is 2.74. The number of anilines is 1. The van der Waals surface area contributed by atoms with E-state index in [1.54, 1.807) is 6.20 Å². The van der Waals surface area contributed by atoms with Crippen molar-refractivity contribution in [2.75, 3.05) is 17.2 Å². The highest BCUT2D eigenvalue weighted by Gasteiger charge is 2.34. The van der Waals surface area contributed by atoms with Crippen molar-refractivity contribution in [1.29, 1.82) is 0 Å². The highest BCUT2D eigenvalue weighted by Crippen LogP contribution is 2.37. The highest BCUT2D eigenvalue weighted by atomic mass is 32.2. The molecule has 0 bridgehead atoms. The summed E-state index contributed by atoms with van der Waals surface area (Å²) in [7, 11) is 0. The third-order valence-corrected chi connectivity index (χ3v) is 5.99. The van der Waals surface area contributed by atoms with E-state index >= 15 is 0 Å². The number of thioether (sulfide) groups is 1. The van der Waals surface area contributed by atoms with Crippen molar-refractivity contribution in [3.63, 3.8) is 0 Å². The summed E-state index contributed by atoms with van der Waals surface area (Å²) in [6.45, 7) is 0.940. The first-order valence-corrected chi connectivity index (χ1v) is 8.77. The van der Waals surface area contributed by atoms with Crippen LogP contribution < -0.4 is 4.90 Å². The van der Waals surface area contributed by atoms with Crippen LogP contribution in [0.4, 0.5) is 14.6 Å². The number of fused-ring (bicyclic) bond motifs is 2. The van der Waals surface area contributed by atoms with Gasteiger partial charge in [0, 0.05) is 35.7 Å². The SMILES string of the molecule is Fc1cc2ncc(N3CCS[C@H]4CCCC[C@H]43)nc2cc1F. The quantitative estimate of drug-likeness (QED) is 0.799. The van der Waals surface area contributed by atoms with Crippen molar-refractivity contribution in [3.8, 4) is 0 Å². The first kappa shape index (κ1) is 14.2. The van der Waals surface area contributed by atoms with Crippen LogP contribution in [0, 0.1) is 11.6 Å². The lowest BCUT2D eigenvalue weighted by Gasteiger charge is -2.44. The smallest absolute Gasteiger partial charge is 0.161 e. The van der Waals surface area contributed by atoms with Gasteiger partial charge in [0.2, 0.25) is 0 Å². The molecule has 3 nitrogen and oxygen atoms in total. The number of aromatic nitrogens is 2. The van der Waals surface area contributed by atoms with Gasteiger partial charge >= 0.3 is 0 Å². The summed E-state index contributed by atoms with van der Waals surface area (Å²) < 4.78 is 26.7. The van der Waals surface area contributed by atoms with E-state index in [0.717, 1.165) is 30.2 Å². The molecule has 0 radical (unpaired) electrons. The molecule has 1 aromatic carbocycles. The summed E-state index contributed by atoms with van der Waals surface area (Å²) in [6.07, 6.45) is 6.68. The van der Waals surface area contributed by atoms with Gasteiger partial charge in [0.1, 0.15) is 5.82 Å². The van der Waals surface area contributed by atoms with Crippen LogP contribution in [0.3, 0.4) is 0 Å². The fraction of sp³-hybridized carbons (Fsp3) is 0.500. The van der Waals surface area contributed by atoms with Gasteiger partial charge in [-0.2, -0.15) is 11.8 Å². The van der Waals surface area contributed by atoms with Crippen LogP contribution in [-0.2, 0) is 0 Å². The summed E-state index contributed by atoms with van der Waals surface area (Å²) in [5.74, 6) is 0.120. The average molecular weight is 321 g/mol. The van der Waals surface area contributed by atoms with Crippen LogP contribution in [0.5, 0.6) is 0 Å². The minimum absolute atomic E-state index is 0.397. The maximum absolute atomic E-state index is 13.4. The molecule has 2 fully saturated rings. The number of hydrogen-bond donors (Lipinski definition) is 0. The molecule has 2 heterocycles. The van der Waals surface area contributed by atoms with Gasteiger partial charge in [-0.3, -0.25) is 4.98 Å². The Labute approximate surface area is 132 Å². The van der Waals surface area contributed by atoms with E-state index in [1.165, 1.54) is 25.7 Å². The molecule has 2 aromatic rings. The first-order valence-electron chi connectivity index (χ1n) is 7.72. The van der Waals surface area contributed by atoms with Crippen LogP contribution in [0.15, 0.2) is 18.3 Å². The largest absolute Gasteiger partial charge is 0.350 e. The minimum atomic E-state index is -0.878. The van der Waals surface area contributed by atoms with E-state index < -0.39 is 11.6 Å².